The second kappa shape index (κ2) is 7.35. The second-order valence-corrected chi connectivity index (χ2v) is 15.1. The number of hydrogen-bond acceptors (Lipinski definition) is 4. The number of carboxylic acids is 1. The molecule has 35 heavy (non-hydrogen) atoms. The van der Waals surface area contributed by atoms with Crippen LogP contribution in [-0.4, -0.2) is 44.7 Å². The largest absolute Gasteiger partial charge is 0.481 e. The molecule has 0 aromatic carbocycles. The van der Waals surface area contributed by atoms with Crippen LogP contribution in [0.1, 0.15) is 99.8 Å². The average Bonchev–Trinajstić information content (AvgIpc) is 2.75. The van der Waals surface area contributed by atoms with E-state index in [1.165, 1.54) is 5.57 Å². The van der Waals surface area contributed by atoms with Crippen LogP contribution >= 0.6 is 0 Å². The molecular formula is C30H48O5. The van der Waals surface area contributed by atoms with Gasteiger partial charge in [0.05, 0.1) is 23.7 Å². The highest BCUT2D eigenvalue weighted by molar-refractivity contribution is 5.75. The first kappa shape index (κ1) is 25.7. The molecule has 0 aromatic heterocycles. The molecule has 0 bridgehead atoms. The molecule has 5 aliphatic carbocycles. The topological polar surface area (TPSA) is 98.0 Å². The summed E-state index contributed by atoms with van der Waals surface area (Å²) in [4.78, 5) is 12.3. The molecule has 4 N–H and O–H groups in total. The fourth-order valence-electron chi connectivity index (χ4n) is 10.6. The predicted molar refractivity (Wildman–Crippen MR) is 135 cm³/mol. The zero-order valence-electron chi connectivity index (χ0n) is 22.9. The smallest absolute Gasteiger partial charge is 0.312 e. The Morgan fingerprint density at radius 2 is 1.51 bits per heavy atom. The Morgan fingerprint density at radius 3 is 2.14 bits per heavy atom. The maximum atomic E-state index is 12.3. The van der Waals surface area contributed by atoms with Crippen LogP contribution in [0.4, 0.5) is 0 Å². The van der Waals surface area contributed by atoms with Crippen molar-refractivity contribution in [1.82, 2.24) is 0 Å². The molecule has 198 valence electrons. The number of aliphatic carboxylic acids is 1. The number of hydrogen-bond donors (Lipinski definition) is 4. The van der Waals surface area contributed by atoms with Crippen molar-refractivity contribution in [2.45, 2.75) is 118 Å². The number of allylic oxidation sites excluding steroid dienone is 2. The van der Waals surface area contributed by atoms with Crippen molar-refractivity contribution in [3.05, 3.63) is 11.6 Å². The summed E-state index contributed by atoms with van der Waals surface area (Å²) in [6.07, 6.45) is 7.08. The third-order valence-corrected chi connectivity index (χ3v) is 13.5. The van der Waals surface area contributed by atoms with E-state index in [0.717, 1.165) is 32.1 Å². The number of rotatable bonds is 1. The van der Waals surface area contributed by atoms with Gasteiger partial charge in [-0.15, -0.1) is 0 Å². The van der Waals surface area contributed by atoms with Crippen molar-refractivity contribution in [2.75, 3.05) is 0 Å². The van der Waals surface area contributed by atoms with Gasteiger partial charge in [-0.2, -0.15) is 0 Å². The highest BCUT2D eigenvalue weighted by Gasteiger charge is 2.70. The second-order valence-electron chi connectivity index (χ2n) is 15.1. The van der Waals surface area contributed by atoms with Crippen LogP contribution < -0.4 is 0 Å². The lowest BCUT2D eigenvalue weighted by atomic mass is 9.33. The van der Waals surface area contributed by atoms with E-state index in [-0.39, 0.29) is 38.9 Å². The normalized spacial score (nSPS) is 57.1. The van der Waals surface area contributed by atoms with Gasteiger partial charge in [-0.05, 0) is 91.3 Å². The molecule has 11 unspecified atom stereocenters. The van der Waals surface area contributed by atoms with E-state index in [0.29, 0.717) is 25.2 Å². The molecule has 5 nitrogen and oxygen atoms in total. The summed E-state index contributed by atoms with van der Waals surface area (Å²) in [7, 11) is 0. The lowest BCUT2D eigenvalue weighted by Crippen LogP contribution is -2.68. The molecule has 11 atom stereocenters. The standard InChI is InChI=1S/C30H48O5/c1-25(2)19-10-11-29(6)20(30(19,7)22(32)14-21(25)31)9-8-17-18-15-27(4,24(34)35)23(33)16-26(18,3)12-13-28(17,29)5/h8,18-23,31-33H,9-16H2,1-7H3,(H,34,35). The van der Waals surface area contributed by atoms with Crippen LogP contribution in [0.15, 0.2) is 11.6 Å². The van der Waals surface area contributed by atoms with Crippen LogP contribution in [-0.2, 0) is 4.79 Å². The van der Waals surface area contributed by atoms with Crippen LogP contribution in [0, 0.1) is 50.2 Å². The zero-order chi connectivity index (χ0) is 26.0. The van der Waals surface area contributed by atoms with Crippen molar-refractivity contribution in [3.63, 3.8) is 0 Å². The Labute approximate surface area is 211 Å². The summed E-state index contributed by atoms with van der Waals surface area (Å²) in [6, 6.07) is 0. The van der Waals surface area contributed by atoms with Gasteiger partial charge in [-0.25, -0.2) is 0 Å². The molecule has 4 fully saturated rings. The van der Waals surface area contributed by atoms with E-state index in [9.17, 15) is 25.2 Å². The minimum atomic E-state index is -1.12. The molecule has 5 rings (SSSR count). The third kappa shape index (κ3) is 2.95. The number of fused-ring (bicyclic) bond motifs is 7. The van der Waals surface area contributed by atoms with Gasteiger partial charge in [-0.3, -0.25) is 4.79 Å². The number of carboxylic acid groups (broad SMARTS) is 1. The molecular weight excluding hydrogens is 440 g/mol. The predicted octanol–water partition coefficient (Wildman–Crippen LogP) is 5.18. The molecule has 4 saturated carbocycles. The quantitative estimate of drug-likeness (QED) is 0.382. The Morgan fingerprint density at radius 1 is 0.857 bits per heavy atom. The number of carbonyl (C=O) groups is 1. The average molecular weight is 489 g/mol. The van der Waals surface area contributed by atoms with Gasteiger partial charge < -0.3 is 20.4 Å². The molecule has 0 spiro atoms. The Hall–Kier alpha value is -0.910. The fraction of sp³-hybridized carbons (Fsp3) is 0.900. The zero-order valence-corrected chi connectivity index (χ0v) is 22.9. The first-order valence-corrected chi connectivity index (χ1v) is 14.0. The highest BCUT2D eigenvalue weighted by Crippen LogP contribution is 2.75. The van der Waals surface area contributed by atoms with E-state index in [1.807, 2.05) is 0 Å². The Bertz CT molecular complexity index is 956. The maximum Gasteiger partial charge on any atom is 0.312 e. The third-order valence-electron chi connectivity index (χ3n) is 13.5. The SMILES string of the molecule is CC12CCC3(C)C(=CCC4C5(C)C(O)CC(O)C(C)(C)C5CCC43C)C1CC(C)(C(=O)O)C(O)C2. The van der Waals surface area contributed by atoms with Crippen molar-refractivity contribution in [1.29, 1.82) is 0 Å². The van der Waals surface area contributed by atoms with Gasteiger partial charge in [-0.1, -0.05) is 53.2 Å². The van der Waals surface area contributed by atoms with Gasteiger partial charge in [0.1, 0.15) is 0 Å². The maximum absolute atomic E-state index is 12.3. The summed E-state index contributed by atoms with van der Waals surface area (Å²) in [6.45, 7) is 15.5. The summed E-state index contributed by atoms with van der Waals surface area (Å²) < 4.78 is 0. The minimum Gasteiger partial charge on any atom is -0.481 e. The first-order chi connectivity index (χ1) is 16.0. The van der Waals surface area contributed by atoms with Gasteiger partial charge in [0.25, 0.3) is 0 Å². The van der Waals surface area contributed by atoms with E-state index in [4.69, 9.17) is 0 Å². The van der Waals surface area contributed by atoms with Crippen molar-refractivity contribution in [3.8, 4) is 0 Å². The molecule has 0 aliphatic heterocycles. The summed E-state index contributed by atoms with van der Waals surface area (Å²) in [5.74, 6) is -0.157. The minimum absolute atomic E-state index is 0.00129. The van der Waals surface area contributed by atoms with Crippen molar-refractivity contribution in [2.24, 2.45) is 50.2 Å². The Balaban J connectivity index is 1.60. The fourth-order valence-corrected chi connectivity index (χ4v) is 10.6. The van der Waals surface area contributed by atoms with Gasteiger partial charge in [0.15, 0.2) is 0 Å². The summed E-state index contributed by atoms with van der Waals surface area (Å²) in [5, 5.41) is 43.4. The molecule has 0 heterocycles. The monoisotopic (exact) mass is 488 g/mol. The molecule has 0 radical (unpaired) electrons. The summed E-state index contributed by atoms with van der Waals surface area (Å²) >= 11 is 0. The molecule has 5 aliphatic rings. The van der Waals surface area contributed by atoms with Crippen LogP contribution in [0.25, 0.3) is 0 Å². The Kier molecular flexibility index (Phi) is 5.40. The van der Waals surface area contributed by atoms with Gasteiger partial charge in [0, 0.05) is 11.8 Å². The van der Waals surface area contributed by atoms with Crippen molar-refractivity contribution >= 4 is 5.97 Å². The number of aliphatic hydroxyl groups is 3. The molecule has 0 aromatic rings. The van der Waals surface area contributed by atoms with E-state index < -0.39 is 29.7 Å². The van der Waals surface area contributed by atoms with Crippen LogP contribution in [0.3, 0.4) is 0 Å². The lowest BCUT2D eigenvalue weighted by molar-refractivity contribution is -0.244. The summed E-state index contributed by atoms with van der Waals surface area (Å²) in [5.41, 5.74) is -0.330. The van der Waals surface area contributed by atoms with Crippen LogP contribution in [0.5, 0.6) is 0 Å². The van der Waals surface area contributed by atoms with E-state index >= 15 is 0 Å². The highest BCUT2D eigenvalue weighted by atomic mass is 16.4. The van der Waals surface area contributed by atoms with Crippen molar-refractivity contribution < 1.29 is 25.2 Å². The molecule has 0 amide bonds. The van der Waals surface area contributed by atoms with E-state index in [1.54, 1.807) is 6.92 Å². The van der Waals surface area contributed by atoms with Crippen LogP contribution in [0.2, 0.25) is 0 Å². The molecule has 5 heteroatoms. The van der Waals surface area contributed by atoms with Gasteiger partial charge >= 0.3 is 5.97 Å². The first-order valence-electron chi connectivity index (χ1n) is 14.0. The van der Waals surface area contributed by atoms with E-state index in [2.05, 4.69) is 47.6 Å². The molecule has 0 saturated heterocycles. The number of aliphatic hydroxyl groups excluding tert-OH is 3. The lowest BCUT2D eigenvalue weighted by Gasteiger charge is -2.72. The van der Waals surface area contributed by atoms with Gasteiger partial charge in [0.2, 0.25) is 0 Å².